The Morgan fingerprint density at radius 2 is 1.96 bits per heavy atom. The fourth-order valence-corrected chi connectivity index (χ4v) is 2.50. The quantitative estimate of drug-likeness (QED) is 0.631. The van der Waals surface area contributed by atoms with Crippen LogP contribution in [-0.4, -0.2) is 70.0 Å². The highest BCUT2D eigenvalue weighted by Crippen LogP contribution is 2.17. The Morgan fingerprint density at radius 1 is 1.35 bits per heavy atom. The Bertz CT molecular complexity index is 304. The lowest BCUT2D eigenvalue weighted by atomic mass is 9.92. The molecule has 0 aromatic carbocycles. The first-order valence-electron chi connectivity index (χ1n) is 7.92. The van der Waals surface area contributed by atoms with Crippen molar-refractivity contribution in [1.82, 2.24) is 10.2 Å². The number of nitrogens with zero attached hydrogens (tertiary/aromatic N) is 1. The van der Waals surface area contributed by atoms with Crippen LogP contribution in [0.25, 0.3) is 0 Å². The van der Waals surface area contributed by atoms with E-state index in [1.807, 2.05) is 21.0 Å². The van der Waals surface area contributed by atoms with Crippen molar-refractivity contribution in [2.45, 2.75) is 38.3 Å². The number of rotatable bonds is 9. The average molecular weight is 374 g/mol. The van der Waals surface area contributed by atoms with Crippen LogP contribution in [0.5, 0.6) is 0 Å². The fraction of sp³-hybridized carbons (Fsp3) is 0.933. The second-order valence-electron chi connectivity index (χ2n) is 5.89. The molecule has 8 heteroatoms. The second kappa shape index (κ2) is 14.3. The zero-order valence-corrected chi connectivity index (χ0v) is 16.1. The molecule has 0 aromatic heterocycles. The minimum absolute atomic E-state index is 0. The van der Waals surface area contributed by atoms with Crippen LogP contribution in [0.2, 0.25) is 0 Å². The van der Waals surface area contributed by atoms with Crippen LogP contribution in [0.15, 0.2) is 0 Å². The van der Waals surface area contributed by atoms with Gasteiger partial charge in [0.25, 0.3) is 0 Å². The van der Waals surface area contributed by atoms with E-state index in [-0.39, 0.29) is 42.7 Å². The zero-order valence-electron chi connectivity index (χ0n) is 14.5. The van der Waals surface area contributed by atoms with Crippen molar-refractivity contribution in [2.24, 2.45) is 11.7 Å². The summed E-state index contributed by atoms with van der Waals surface area (Å²) >= 11 is 0. The Kier molecular flexibility index (Phi) is 15.6. The van der Waals surface area contributed by atoms with Gasteiger partial charge in [-0.3, -0.25) is 4.79 Å². The third-order valence-electron chi connectivity index (χ3n) is 3.88. The number of hydrogen-bond donors (Lipinski definition) is 2. The summed E-state index contributed by atoms with van der Waals surface area (Å²) in [5.41, 5.74) is 6.06. The first-order chi connectivity index (χ1) is 10.0. The van der Waals surface area contributed by atoms with E-state index in [2.05, 4.69) is 10.2 Å². The van der Waals surface area contributed by atoms with Crippen molar-refractivity contribution in [1.29, 1.82) is 0 Å². The molecule has 23 heavy (non-hydrogen) atoms. The zero-order chi connectivity index (χ0) is 15.7. The molecule has 6 nitrogen and oxygen atoms in total. The van der Waals surface area contributed by atoms with E-state index in [1.54, 1.807) is 0 Å². The van der Waals surface area contributed by atoms with Crippen LogP contribution in [0.1, 0.15) is 26.2 Å². The molecule has 1 heterocycles. The van der Waals surface area contributed by atoms with Gasteiger partial charge in [0.05, 0.1) is 12.1 Å². The molecule has 1 saturated heterocycles. The van der Waals surface area contributed by atoms with Gasteiger partial charge in [0.2, 0.25) is 5.91 Å². The lowest BCUT2D eigenvalue weighted by Crippen LogP contribution is -2.49. The highest BCUT2D eigenvalue weighted by molar-refractivity contribution is 5.85. The monoisotopic (exact) mass is 373 g/mol. The van der Waals surface area contributed by atoms with Crippen LogP contribution in [-0.2, 0) is 14.3 Å². The summed E-state index contributed by atoms with van der Waals surface area (Å²) in [5, 5.41) is 2.94. The number of nitrogens with two attached hydrogens (primary N) is 1. The molecule has 140 valence electrons. The van der Waals surface area contributed by atoms with Crippen LogP contribution < -0.4 is 11.1 Å². The van der Waals surface area contributed by atoms with E-state index in [4.69, 9.17) is 15.2 Å². The number of ether oxygens (including phenoxy) is 2. The predicted molar refractivity (Wildman–Crippen MR) is 97.6 cm³/mol. The van der Waals surface area contributed by atoms with E-state index in [0.29, 0.717) is 26.4 Å². The van der Waals surface area contributed by atoms with Crippen molar-refractivity contribution in [3.8, 4) is 0 Å². The van der Waals surface area contributed by atoms with Gasteiger partial charge in [-0.2, -0.15) is 0 Å². The van der Waals surface area contributed by atoms with Gasteiger partial charge in [-0.25, -0.2) is 0 Å². The molecule has 0 spiro atoms. The summed E-state index contributed by atoms with van der Waals surface area (Å²) in [5.74, 6) is 0.155. The molecule has 0 bridgehead atoms. The van der Waals surface area contributed by atoms with E-state index in [1.165, 1.54) is 0 Å². The normalized spacial score (nSPS) is 17.8. The Hall–Kier alpha value is -0.110. The average Bonchev–Trinajstić information content (AvgIpc) is 2.49. The largest absolute Gasteiger partial charge is 0.381 e. The number of carbonyl (C=O) groups excluding carboxylic acids is 1. The minimum atomic E-state index is -0.440. The number of halogens is 2. The van der Waals surface area contributed by atoms with Crippen LogP contribution >= 0.6 is 24.8 Å². The highest BCUT2D eigenvalue weighted by atomic mass is 35.5. The molecular weight excluding hydrogens is 341 g/mol. The maximum Gasteiger partial charge on any atom is 0.237 e. The summed E-state index contributed by atoms with van der Waals surface area (Å²) in [6, 6.07) is -0.440. The van der Waals surface area contributed by atoms with Crippen LogP contribution in [0.3, 0.4) is 0 Å². The van der Waals surface area contributed by atoms with E-state index in [0.717, 1.165) is 25.8 Å². The van der Waals surface area contributed by atoms with Crippen LogP contribution in [0.4, 0.5) is 0 Å². The van der Waals surface area contributed by atoms with Gasteiger partial charge in [-0.1, -0.05) is 0 Å². The van der Waals surface area contributed by atoms with Gasteiger partial charge < -0.3 is 25.4 Å². The SMILES string of the molecule is CCOC(CCN(C)C)CNC(=O)C(N)C1CCOCC1.Cl.Cl. The fourth-order valence-electron chi connectivity index (χ4n) is 2.50. The number of amides is 1. The predicted octanol–water partition coefficient (Wildman–Crippen LogP) is 1.06. The lowest BCUT2D eigenvalue weighted by molar-refractivity contribution is -0.125. The van der Waals surface area contributed by atoms with Gasteiger partial charge in [0.15, 0.2) is 0 Å². The molecule has 0 aliphatic carbocycles. The molecule has 1 aliphatic rings. The number of nitrogens with one attached hydrogen (secondary N) is 1. The van der Waals surface area contributed by atoms with Gasteiger partial charge in [-0.15, -0.1) is 24.8 Å². The topological polar surface area (TPSA) is 76.8 Å². The summed E-state index contributed by atoms with van der Waals surface area (Å²) in [7, 11) is 4.06. The van der Waals surface area contributed by atoms with Gasteiger partial charge in [-0.05, 0) is 46.2 Å². The third-order valence-corrected chi connectivity index (χ3v) is 3.88. The minimum Gasteiger partial charge on any atom is -0.381 e. The number of hydrogen-bond acceptors (Lipinski definition) is 5. The van der Waals surface area contributed by atoms with E-state index in [9.17, 15) is 4.79 Å². The molecule has 2 unspecified atom stereocenters. The Labute approximate surface area is 152 Å². The molecule has 1 rings (SSSR count). The Morgan fingerprint density at radius 3 is 2.48 bits per heavy atom. The van der Waals surface area contributed by atoms with E-state index >= 15 is 0 Å². The van der Waals surface area contributed by atoms with E-state index < -0.39 is 6.04 Å². The van der Waals surface area contributed by atoms with Crippen LogP contribution in [0, 0.1) is 5.92 Å². The van der Waals surface area contributed by atoms with Crippen molar-refractivity contribution in [2.75, 3.05) is 47.0 Å². The Balaban J connectivity index is 0. The standard InChI is InChI=1S/C15H31N3O3.2ClH/c1-4-21-13(5-8-18(2)3)11-17-15(19)14(16)12-6-9-20-10-7-12;;/h12-14H,4-11,16H2,1-3H3,(H,17,19);2*1H. The van der Waals surface area contributed by atoms with Crippen molar-refractivity contribution >= 4 is 30.7 Å². The number of carbonyl (C=O) groups is 1. The second-order valence-corrected chi connectivity index (χ2v) is 5.89. The summed E-state index contributed by atoms with van der Waals surface area (Å²) in [6.45, 7) is 5.49. The molecule has 1 fully saturated rings. The maximum atomic E-state index is 12.1. The molecule has 0 radical (unpaired) electrons. The molecule has 1 aliphatic heterocycles. The van der Waals surface area contributed by atoms with Gasteiger partial charge >= 0.3 is 0 Å². The molecule has 0 saturated carbocycles. The van der Waals surface area contributed by atoms with Crippen molar-refractivity contribution in [3.05, 3.63) is 0 Å². The molecular formula is C15H33Cl2N3O3. The lowest BCUT2D eigenvalue weighted by Gasteiger charge is -2.27. The summed E-state index contributed by atoms with van der Waals surface area (Å²) < 4.78 is 11.0. The maximum absolute atomic E-state index is 12.1. The van der Waals surface area contributed by atoms with Crippen molar-refractivity contribution < 1.29 is 14.3 Å². The molecule has 1 amide bonds. The highest BCUT2D eigenvalue weighted by Gasteiger charge is 2.26. The van der Waals surface area contributed by atoms with Crippen molar-refractivity contribution in [3.63, 3.8) is 0 Å². The smallest absolute Gasteiger partial charge is 0.237 e. The first-order valence-corrected chi connectivity index (χ1v) is 7.92. The van der Waals surface area contributed by atoms with Gasteiger partial charge in [0, 0.05) is 32.9 Å². The third kappa shape index (κ3) is 10.4. The first kappa shape index (κ1) is 25.1. The summed E-state index contributed by atoms with van der Waals surface area (Å²) in [6.07, 6.45) is 2.67. The molecule has 0 aromatic rings. The molecule has 2 atom stereocenters. The van der Waals surface area contributed by atoms with Gasteiger partial charge in [0.1, 0.15) is 0 Å². The summed E-state index contributed by atoms with van der Waals surface area (Å²) in [4.78, 5) is 14.3. The molecule has 3 N–H and O–H groups in total.